The first-order valence-corrected chi connectivity index (χ1v) is 11.0. The second-order valence-corrected chi connectivity index (χ2v) is 8.61. The van der Waals surface area contributed by atoms with Crippen LogP contribution in [0.1, 0.15) is 43.0 Å². The summed E-state index contributed by atoms with van der Waals surface area (Å²) in [5.74, 6) is -0.971. The number of aromatic hydroxyl groups is 1. The summed E-state index contributed by atoms with van der Waals surface area (Å²) >= 11 is 5.40. The summed E-state index contributed by atoms with van der Waals surface area (Å²) in [7, 11) is 1.81. The van der Waals surface area contributed by atoms with Gasteiger partial charge in [-0.05, 0) is 68.4 Å². The first kappa shape index (κ1) is 21.3. The number of aliphatic carboxylic acids is 1. The minimum absolute atomic E-state index is 0.0942. The lowest BCUT2D eigenvalue weighted by Crippen LogP contribution is -2.44. The third-order valence-corrected chi connectivity index (χ3v) is 6.54. The Morgan fingerprint density at radius 1 is 1.26 bits per heavy atom. The predicted molar refractivity (Wildman–Crippen MR) is 122 cm³/mol. The van der Waals surface area contributed by atoms with Crippen molar-refractivity contribution in [3.05, 3.63) is 35.0 Å². The molecule has 2 heterocycles. The summed E-state index contributed by atoms with van der Waals surface area (Å²) in [5.41, 5.74) is 8.11. The lowest BCUT2D eigenvalue weighted by molar-refractivity contribution is -0.143. The van der Waals surface area contributed by atoms with Crippen molar-refractivity contribution in [2.24, 2.45) is 18.1 Å². The fraction of sp³-hybridized carbons (Fsp3) is 0.455. The molecule has 1 aromatic heterocycles. The minimum atomic E-state index is -0.753. The summed E-state index contributed by atoms with van der Waals surface area (Å²) in [6, 6.07) is 6.31. The highest BCUT2D eigenvalue weighted by Gasteiger charge is 2.26. The Bertz CT molecular complexity index is 1050. The third-order valence-electron chi connectivity index (χ3n) is 6.19. The number of fused-ring (bicyclic) bond motifs is 1. The second-order valence-electron chi connectivity index (χ2n) is 8.22. The van der Waals surface area contributed by atoms with E-state index in [0.29, 0.717) is 48.1 Å². The number of nitrogens with zero attached hydrogens (tertiary/aromatic N) is 4. The van der Waals surface area contributed by atoms with Crippen LogP contribution >= 0.6 is 12.2 Å². The molecule has 1 aliphatic heterocycles. The van der Waals surface area contributed by atoms with Crippen molar-refractivity contribution in [2.45, 2.75) is 39.0 Å². The molecule has 1 saturated heterocycles. The Morgan fingerprint density at radius 3 is 2.68 bits per heavy atom. The van der Waals surface area contributed by atoms with Crippen molar-refractivity contribution in [1.82, 2.24) is 20.1 Å². The standard InChI is InChI=1S/C22H27N5O3S/c1-13(23-24-22(31)27-10-8-15(9-11-27)21(29)30)18-20(28)19(26(2)25-18)17-7-6-14-4-3-5-16(14)12-17/h6-7,12,15,28H,3-5,8-11H2,1-2H3,(H,24,31)(H,29,30). The highest BCUT2D eigenvalue weighted by molar-refractivity contribution is 7.80. The number of rotatable bonds is 4. The van der Waals surface area contributed by atoms with E-state index >= 15 is 0 Å². The fourth-order valence-electron chi connectivity index (χ4n) is 4.38. The molecule has 3 N–H and O–H groups in total. The lowest BCUT2D eigenvalue weighted by Gasteiger charge is -2.31. The molecule has 9 heteroatoms. The number of hydrazone groups is 1. The predicted octanol–water partition coefficient (Wildman–Crippen LogP) is 2.68. The van der Waals surface area contributed by atoms with Crippen molar-refractivity contribution in [1.29, 1.82) is 0 Å². The number of carbonyl (C=O) groups is 1. The molecule has 0 spiro atoms. The van der Waals surface area contributed by atoms with Crippen LogP contribution in [0, 0.1) is 5.92 Å². The van der Waals surface area contributed by atoms with Crippen molar-refractivity contribution in [3.63, 3.8) is 0 Å². The molecule has 1 aliphatic carbocycles. The van der Waals surface area contributed by atoms with Gasteiger partial charge in [0.15, 0.2) is 16.6 Å². The highest BCUT2D eigenvalue weighted by Crippen LogP contribution is 2.35. The molecule has 0 amide bonds. The number of hydrogen-bond acceptors (Lipinski definition) is 5. The van der Waals surface area contributed by atoms with Crippen LogP contribution in [-0.2, 0) is 24.7 Å². The van der Waals surface area contributed by atoms with Crippen LogP contribution in [0.5, 0.6) is 5.75 Å². The van der Waals surface area contributed by atoms with Gasteiger partial charge in [0.05, 0.1) is 11.6 Å². The average molecular weight is 442 g/mol. The lowest BCUT2D eigenvalue weighted by atomic mass is 9.97. The summed E-state index contributed by atoms with van der Waals surface area (Å²) in [6.07, 6.45) is 4.48. The van der Waals surface area contributed by atoms with Gasteiger partial charge in [0.25, 0.3) is 0 Å². The quantitative estimate of drug-likeness (QED) is 0.381. The Hall–Kier alpha value is -2.94. The molecule has 31 heavy (non-hydrogen) atoms. The van der Waals surface area contributed by atoms with E-state index in [2.05, 4.69) is 27.8 Å². The Balaban J connectivity index is 1.47. The molecular formula is C22H27N5O3S. The molecule has 0 bridgehead atoms. The van der Waals surface area contributed by atoms with Gasteiger partial charge in [0.2, 0.25) is 0 Å². The molecule has 1 aromatic carbocycles. The average Bonchev–Trinajstić information content (AvgIpc) is 3.34. The molecule has 0 radical (unpaired) electrons. The number of thiocarbonyl (C=S) groups is 1. The molecular weight excluding hydrogens is 414 g/mol. The Morgan fingerprint density at radius 2 is 1.97 bits per heavy atom. The van der Waals surface area contributed by atoms with Crippen LogP contribution in [0.2, 0.25) is 0 Å². The van der Waals surface area contributed by atoms with E-state index in [1.165, 1.54) is 17.5 Å². The smallest absolute Gasteiger partial charge is 0.306 e. The summed E-state index contributed by atoms with van der Waals surface area (Å²) in [6.45, 7) is 2.92. The molecule has 2 aromatic rings. The third kappa shape index (κ3) is 4.27. The van der Waals surface area contributed by atoms with E-state index in [1.54, 1.807) is 11.6 Å². The number of aryl methyl sites for hydroxylation is 3. The molecule has 4 rings (SSSR count). The Kier molecular flexibility index (Phi) is 5.95. The zero-order valence-electron chi connectivity index (χ0n) is 17.8. The fourth-order valence-corrected chi connectivity index (χ4v) is 4.61. The van der Waals surface area contributed by atoms with Gasteiger partial charge in [0, 0.05) is 25.7 Å². The van der Waals surface area contributed by atoms with E-state index in [0.717, 1.165) is 18.4 Å². The molecule has 164 valence electrons. The largest absolute Gasteiger partial charge is 0.504 e. The van der Waals surface area contributed by atoms with Crippen molar-refractivity contribution in [3.8, 4) is 17.0 Å². The van der Waals surface area contributed by atoms with E-state index in [-0.39, 0.29) is 11.7 Å². The highest BCUT2D eigenvalue weighted by atomic mass is 32.1. The molecule has 0 saturated carbocycles. The van der Waals surface area contributed by atoms with Gasteiger partial charge in [-0.15, -0.1) is 0 Å². The number of carboxylic acid groups (broad SMARTS) is 1. The SMILES string of the molecule is CC(=NNC(=S)N1CCC(C(=O)O)CC1)c1nn(C)c(-c2ccc3c(c2)CCC3)c1O. The van der Waals surface area contributed by atoms with Gasteiger partial charge >= 0.3 is 5.97 Å². The topological polar surface area (TPSA) is 103 Å². The van der Waals surface area contributed by atoms with Crippen LogP contribution in [0.15, 0.2) is 23.3 Å². The molecule has 8 nitrogen and oxygen atoms in total. The van der Waals surface area contributed by atoms with Crippen molar-refractivity contribution >= 4 is 29.0 Å². The van der Waals surface area contributed by atoms with Gasteiger partial charge in [0.1, 0.15) is 5.69 Å². The van der Waals surface area contributed by atoms with Gasteiger partial charge in [-0.1, -0.05) is 12.1 Å². The van der Waals surface area contributed by atoms with E-state index in [9.17, 15) is 9.90 Å². The van der Waals surface area contributed by atoms with Crippen LogP contribution in [0.25, 0.3) is 11.3 Å². The zero-order chi connectivity index (χ0) is 22.1. The number of likely N-dealkylation sites (tertiary alicyclic amines) is 1. The van der Waals surface area contributed by atoms with Gasteiger partial charge in [-0.25, -0.2) is 0 Å². The van der Waals surface area contributed by atoms with Crippen molar-refractivity contribution < 1.29 is 15.0 Å². The van der Waals surface area contributed by atoms with E-state index in [1.807, 2.05) is 18.0 Å². The molecule has 1 fully saturated rings. The Labute approximate surface area is 186 Å². The molecule has 2 aliphatic rings. The van der Waals surface area contributed by atoms with Gasteiger partial charge in [-0.2, -0.15) is 10.2 Å². The molecule has 0 atom stereocenters. The van der Waals surface area contributed by atoms with Gasteiger partial charge < -0.3 is 15.1 Å². The van der Waals surface area contributed by atoms with Crippen LogP contribution in [-0.4, -0.2) is 54.8 Å². The van der Waals surface area contributed by atoms with E-state index < -0.39 is 5.97 Å². The summed E-state index contributed by atoms with van der Waals surface area (Å²) in [4.78, 5) is 13.0. The number of aromatic nitrogens is 2. The second kappa shape index (κ2) is 8.66. The normalized spacial score (nSPS) is 17.0. The first-order chi connectivity index (χ1) is 14.8. The first-order valence-electron chi connectivity index (χ1n) is 10.6. The number of carboxylic acids is 1. The monoisotopic (exact) mass is 441 g/mol. The number of piperidine rings is 1. The minimum Gasteiger partial charge on any atom is -0.504 e. The maximum Gasteiger partial charge on any atom is 0.306 e. The molecule has 0 unspecified atom stereocenters. The van der Waals surface area contributed by atoms with Crippen molar-refractivity contribution in [2.75, 3.05) is 13.1 Å². The maximum atomic E-state index is 11.1. The zero-order valence-corrected chi connectivity index (χ0v) is 18.6. The number of benzene rings is 1. The maximum absolute atomic E-state index is 11.1. The van der Waals surface area contributed by atoms with Gasteiger partial charge in [-0.3, -0.25) is 14.9 Å². The number of nitrogens with one attached hydrogen (secondary N) is 1. The number of hydrogen-bond donors (Lipinski definition) is 3. The van der Waals surface area contributed by atoms with Crippen LogP contribution in [0.4, 0.5) is 0 Å². The van der Waals surface area contributed by atoms with Crippen LogP contribution < -0.4 is 5.43 Å². The van der Waals surface area contributed by atoms with Crippen LogP contribution in [0.3, 0.4) is 0 Å². The summed E-state index contributed by atoms with van der Waals surface area (Å²) < 4.78 is 1.68. The summed E-state index contributed by atoms with van der Waals surface area (Å²) in [5, 5.41) is 29.2. The van der Waals surface area contributed by atoms with E-state index in [4.69, 9.17) is 17.3 Å².